The molecule has 0 radical (unpaired) electrons. The maximum absolute atomic E-state index is 12.9. The van der Waals surface area contributed by atoms with Crippen molar-refractivity contribution in [2.45, 2.75) is 80.4 Å². The summed E-state index contributed by atoms with van der Waals surface area (Å²) in [6, 6.07) is -2.26. The van der Waals surface area contributed by atoms with Crippen molar-refractivity contribution in [2.24, 2.45) is 21.8 Å². The van der Waals surface area contributed by atoms with Gasteiger partial charge >= 0.3 is 6.03 Å². The maximum Gasteiger partial charge on any atom is 0.349 e. The molecule has 2 atom stereocenters. The lowest BCUT2D eigenvalue weighted by atomic mass is 9.86. The topological polar surface area (TPSA) is 135 Å². The molecule has 0 aromatic rings. The van der Waals surface area contributed by atoms with E-state index in [0.717, 1.165) is 5.71 Å². The molecule has 1 rings (SSSR count). The highest BCUT2D eigenvalue weighted by Crippen LogP contribution is 2.27. The summed E-state index contributed by atoms with van der Waals surface area (Å²) >= 11 is 1.31. The summed E-state index contributed by atoms with van der Waals surface area (Å²) in [7, 11) is 0. The van der Waals surface area contributed by atoms with Crippen LogP contribution in [-0.4, -0.2) is 61.4 Å². The predicted molar refractivity (Wildman–Crippen MR) is 120 cm³/mol. The molecule has 0 fully saturated rings. The van der Waals surface area contributed by atoms with Crippen LogP contribution in [0.2, 0.25) is 0 Å². The van der Waals surface area contributed by atoms with Crippen molar-refractivity contribution < 1.29 is 24.7 Å². The molecule has 0 aromatic heterocycles. The SMILES string of the molecule is CC(C)CC[C@H](O)C(=O)N(O)C(=O)NC(C(=O)NN1N=C(C(C)(C)C)CS1)C(C)(C)C. The van der Waals surface area contributed by atoms with Crippen molar-refractivity contribution in [1.29, 1.82) is 0 Å². The normalized spacial score (nSPS) is 16.6. The van der Waals surface area contributed by atoms with Crippen molar-refractivity contribution in [1.82, 2.24) is 20.3 Å². The van der Waals surface area contributed by atoms with E-state index in [1.54, 1.807) is 20.8 Å². The summed E-state index contributed by atoms with van der Waals surface area (Å²) < 4.78 is 1.35. The van der Waals surface area contributed by atoms with Crippen LogP contribution in [-0.2, 0) is 9.59 Å². The quantitative estimate of drug-likeness (QED) is 0.261. The number of hydrazone groups is 1. The van der Waals surface area contributed by atoms with Crippen LogP contribution in [0.1, 0.15) is 68.2 Å². The van der Waals surface area contributed by atoms with Gasteiger partial charge in [-0.3, -0.25) is 14.8 Å². The number of imide groups is 1. The molecule has 1 aliphatic heterocycles. The molecular formula is C20H37N5O5S. The van der Waals surface area contributed by atoms with Gasteiger partial charge in [-0.15, -0.1) is 9.59 Å². The Morgan fingerprint density at radius 3 is 2.19 bits per heavy atom. The third-order valence-electron chi connectivity index (χ3n) is 4.71. The van der Waals surface area contributed by atoms with Gasteiger partial charge in [-0.05, 0) is 24.2 Å². The Morgan fingerprint density at radius 1 is 1.16 bits per heavy atom. The Balaban J connectivity index is 2.82. The Morgan fingerprint density at radius 2 is 1.74 bits per heavy atom. The Labute approximate surface area is 188 Å². The number of aliphatic hydroxyl groups is 1. The molecule has 0 spiro atoms. The number of aliphatic hydroxyl groups excluding tert-OH is 1. The lowest BCUT2D eigenvalue weighted by Gasteiger charge is -2.32. The summed E-state index contributed by atoms with van der Waals surface area (Å²) in [4.78, 5) is 37.4. The molecular weight excluding hydrogens is 422 g/mol. The fraction of sp³-hybridized carbons (Fsp3) is 0.800. The van der Waals surface area contributed by atoms with Crippen molar-refractivity contribution in [3.8, 4) is 0 Å². The van der Waals surface area contributed by atoms with Crippen molar-refractivity contribution in [2.75, 3.05) is 5.75 Å². The highest BCUT2D eigenvalue weighted by Gasteiger charge is 2.37. The second-order valence-corrected chi connectivity index (χ2v) is 11.1. The smallest absolute Gasteiger partial charge is 0.349 e. The molecule has 10 nitrogen and oxygen atoms in total. The third kappa shape index (κ3) is 8.30. The summed E-state index contributed by atoms with van der Waals surface area (Å²) in [6.07, 6.45) is -0.837. The second-order valence-electron chi connectivity index (χ2n) is 10.2. The van der Waals surface area contributed by atoms with Crippen LogP contribution in [0.5, 0.6) is 0 Å². The first-order chi connectivity index (χ1) is 14.0. The number of nitrogens with one attached hydrogen (secondary N) is 2. The monoisotopic (exact) mass is 459 g/mol. The fourth-order valence-corrected chi connectivity index (χ4v) is 3.63. The molecule has 31 heavy (non-hydrogen) atoms. The minimum atomic E-state index is -1.51. The van der Waals surface area contributed by atoms with E-state index in [9.17, 15) is 24.7 Å². The average Bonchev–Trinajstić information content (AvgIpc) is 3.10. The molecule has 11 heteroatoms. The Kier molecular flexibility index (Phi) is 9.33. The number of hydrogen-bond donors (Lipinski definition) is 4. The average molecular weight is 460 g/mol. The Hall–Kier alpha value is -1.85. The Bertz CT molecular complexity index is 699. The minimum absolute atomic E-state index is 0.115. The second kappa shape index (κ2) is 10.6. The van der Waals surface area contributed by atoms with E-state index in [1.165, 1.54) is 16.5 Å². The van der Waals surface area contributed by atoms with E-state index in [0.29, 0.717) is 12.2 Å². The van der Waals surface area contributed by atoms with Gasteiger partial charge in [0.1, 0.15) is 12.1 Å². The molecule has 1 unspecified atom stereocenters. The standard InChI is InChI=1S/C20H37N5O5S/c1-12(2)9-10-13(26)17(28)24(30)18(29)21-15(20(6,7)8)16(27)23-25-22-14(11-31-25)19(3,4)5/h12-13,15,26,30H,9-11H2,1-8H3,(H,21,29)(H,23,27)/t13-,15?/m0/s1. The number of carbonyl (C=O) groups is 3. The van der Waals surface area contributed by atoms with Gasteiger partial charge in [0.05, 0.1) is 11.5 Å². The molecule has 0 aromatic carbocycles. The number of hydrazine groups is 1. The summed E-state index contributed by atoms with van der Waals surface area (Å²) in [5.74, 6) is -0.805. The highest BCUT2D eigenvalue weighted by atomic mass is 32.2. The zero-order valence-corrected chi connectivity index (χ0v) is 20.5. The highest BCUT2D eigenvalue weighted by molar-refractivity contribution is 7.97. The van der Waals surface area contributed by atoms with Gasteiger partial charge in [-0.25, -0.2) is 10.2 Å². The molecule has 0 saturated carbocycles. The molecule has 178 valence electrons. The van der Waals surface area contributed by atoms with Crippen LogP contribution in [0.15, 0.2) is 5.10 Å². The van der Waals surface area contributed by atoms with Gasteiger partial charge in [-0.1, -0.05) is 55.4 Å². The van der Waals surface area contributed by atoms with Gasteiger partial charge in [0.2, 0.25) is 0 Å². The zero-order chi connectivity index (χ0) is 24.1. The zero-order valence-electron chi connectivity index (χ0n) is 19.7. The number of hydrogen-bond acceptors (Lipinski definition) is 8. The third-order valence-corrected chi connectivity index (χ3v) is 5.53. The molecule has 1 aliphatic rings. The van der Waals surface area contributed by atoms with Crippen LogP contribution < -0.4 is 10.7 Å². The summed E-state index contributed by atoms with van der Waals surface area (Å²) in [5, 5.41) is 26.5. The molecule has 4 amide bonds. The van der Waals surface area contributed by atoms with Gasteiger partial charge < -0.3 is 10.4 Å². The van der Waals surface area contributed by atoms with Crippen molar-refractivity contribution in [3.05, 3.63) is 0 Å². The van der Waals surface area contributed by atoms with E-state index in [2.05, 4.69) is 15.8 Å². The molecule has 0 aliphatic carbocycles. The van der Waals surface area contributed by atoms with Gasteiger partial charge in [0.25, 0.3) is 11.8 Å². The van der Waals surface area contributed by atoms with Crippen LogP contribution in [0.4, 0.5) is 4.79 Å². The van der Waals surface area contributed by atoms with E-state index >= 15 is 0 Å². The van der Waals surface area contributed by atoms with Crippen molar-refractivity contribution in [3.63, 3.8) is 0 Å². The first kappa shape index (κ1) is 27.2. The maximum atomic E-state index is 12.9. The fourth-order valence-electron chi connectivity index (χ4n) is 2.59. The van der Waals surface area contributed by atoms with Gasteiger partial charge in [-0.2, -0.15) is 5.10 Å². The van der Waals surface area contributed by atoms with E-state index < -0.39 is 35.4 Å². The molecule has 1 heterocycles. The van der Waals surface area contributed by atoms with Crippen molar-refractivity contribution >= 4 is 35.5 Å². The van der Waals surface area contributed by atoms with Gasteiger partial charge in [0.15, 0.2) is 0 Å². The van der Waals surface area contributed by atoms with Crippen LogP contribution >= 0.6 is 11.9 Å². The van der Waals surface area contributed by atoms with E-state index in [4.69, 9.17) is 0 Å². The number of amides is 4. The lowest BCUT2D eigenvalue weighted by Crippen LogP contribution is -2.58. The number of rotatable bonds is 7. The number of urea groups is 1. The van der Waals surface area contributed by atoms with Crippen LogP contribution in [0.3, 0.4) is 0 Å². The first-order valence-corrected chi connectivity index (χ1v) is 11.3. The first-order valence-electron chi connectivity index (χ1n) is 10.4. The summed E-state index contributed by atoms with van der Waals surface area (Å²) in [6.45, 7) is 15.1. The summed E-state index contributed by atoms with van der Waals surface area (Å²) in [5.41, 5.74) is 2.68. The largest absolute Gasteiger partial charge is 0.383 e. The van der Waals surface area contributed by atoms with E-state index in [1.807, 2.05) is 34.6 Å². The number of nitrogens with zero attached hydrogens (tertiary/aromatic N) is 3. The lowest BCUT2D eigenvalue weighted by molar-refractivity contribution is -0.163. The molecule has 0 saturated heterocycles. The molecule has 4 N–H and O–H groups in total. The van der Waals surface area contributed by atoms with Crippen LogP contribution in [0, 0.1) is 16.7 Å². The van der Waals surface area contributed by atoms with E-state index in [-0.39, 0.29) is 22.8 Å². The predicted octanol–water partition coefficient (Wildman–Crippen LogP) is 2.52. The number of carbonyl (C=O) groups excluding carboxylic acids is 3. The molecule has 0 bridgehead atoms. The van der Waals surface area contributed by atoms with Gasteiger partial charge in [0, 0.05) is 17.4 Å². The number of hydroxylamine groups is 2. The minimum Gasteiger partial charge on any atom is -0.383 e. The van der Waals surface area contributed by atoms with Crippen LogP contribution in [0.25, 0.3) is 0 Å².